The van der Waals surface area contributed by atoms with Gasteiger partial charge in [0.2, 0.25) is 5.89 Å². The second-order valence-corrected chi connectivity index (χ2v) is 6.61. The number of benzene rings is 2. The summed E-state index contributed by atoms with van der Waals surface area (Å²) in [5.41, 5.74) is 3.56. The number of anilines is 1. The zero-order valence-electron chi connectivity index (χ0n) is 12.1. The van der Waals surface area contributed by atoms with Gasteiger partial charge in [-0.15, -0.1) is 11.3 Å². The number of thiophene rings is 1. The van der Waals surface area contributed by atoms with E-state index in [4.69, 9.17) is 16.0 Å². The van der Waals surface area contributed by atoms with E-state index < -0.39 is 0 Å². The molecule has 0 aliphatic carbocycles. The summed E-state index contributed by atoms with van der Waals surface area (Å²) in [6, 6.07) is 17.6. The number of nitrogens with zero attached hydrogens (tertiary/aromatic N) is 1. The van der Waals surface area contributed by atoms with E-state index in [1.165, 1.54) is 4.88 Å². The molecule has 0 radical (unpaired) electrons. The van der Waals surface area contributed by atoms with Gasteiger partial charge in [0.25, 0.3) is 0 Å². The minimum Gasteiger partial charge on any atom is -0.436 e. The number of rotatable bonds is 4. The van der Waals surface area contributed by atoms with Crippen LogP contribution in [0.25, 0.3) is 22.6 Å². The molecule has 0 amide bonds. The molecule has 2 heterocycles. The first-order chi connectivity index (χ1) is 11.3. The fraction of sp³-hybridized carbons (Fsp3) is 0.0556. The Morgan fingerprint density at radius 2 is 1.96 bits per heavy atom. The number of nitrogens with one attached hydrogen (secondary N) is 1. The zero-order chi connectivity index (χ0) is 15.6. The average Bonchev–Trinajstić information content (AvgIpc) is 3.22. The predicted molar refractivity (Wildman–Crippen MR) is 96.1 cm³/mol. The highest BCUT2D eigenvalue weighted by atomic mass is 35.5. The Bertz CT molecular complexity index is 929. The first kappa shape index (κ1) is 14.3. The van der Waals surface area contributed by atoms with Crippen molar-refractivity contribution >= 4 is 39.7 Å². The summed E-state index contributed by atoms with van der Waals surface area (Å²) in [5.74, 6) is 0.604. The van der Waals surface area contributed by atoms with Crippen molar-refractivity contribution < 1.29 is 4.42 Å². The molecule has 114 valence electrons. The largest absolute Gasteiger partial charge is 0.436 e. The topological polar surface area (TPSA) is 38.1 Å². The molecule has 0 aliphatic rings. The lowest BCUT2D eigenvalue weighted by Crippen LogP contribution is -1.96. The van der Waals surface area contributed by atoms with Crippen LogP contribution in [0.3, 0.4) is 0 Å². The lowest BCUT2D eigenvalue weighted by atomic mass is 10.2. The van der Waals surface area contributed by atoms with Gasteiger partial charge in [0, 0.05) is 27.7 Å². The average molecular weight is 341 g/mol. The molecule has 0 unspecified atom stereocenters. The van der Waals surface area contributed by atoms with Crippen molar-refractivity contribution in [3.05, 3.63) is 69.9 Å². The smallest absolute Gasteiger partial charge is 0.227 e. The molecule has 0 aliphatic heterocycles. The normalized spacial score (nSPS) is 11.0. The van der Waals surface area contributed by atoms with Gasteiger partial charge >= 0.3 is 0 Å². The third-order valence-corrected chi connectivity index (χ3v) is 4.65. The van der Waals surface area contributed by atoms with E-state index in [-0.39, 0.29) is 0 Å². The highest BCUT2D eigenvalue weighted by Crippen LogP contribution is 2.27. The number of halogens is 1. The van der Waals surface area contributed by atoms with Crippen LogP contribution < -0.4 is 5.32 Å². The molecule has 2 aromatic heterocycles. The van der Waals surface area contributed by atoms with Crippen molar-refractivity contribution in [1.29, 1.82) is 0 Å². The van der Waals surface area contributed by atoms with Crippen LogP contribution >= 0.6 is 22.9 Å². The van der Waals surface area contributed by atoms with E-state index in [1.54, 1.807) is 11.3 Å². The highest BCUT2D eigenvalue weighted by molar-refractivity contribution is 7.09. The molecule has 5 heteroatoms. The van der Waals surface area contributed by atoms with Crippen LogP contribution in [0.15, 0.2) is 64.4 Å². The number of oxazole rings is 1. The second kappa shape index (κ2) is 6.07. The molecule has 0 saturated heterocycles. The number of aromatic nitrogens is 1. The van der Waals surface area contributed by atoms with Crippen molar-refractivity contribution in [2.24, 2.45) is 0 Å². The van der Waals surface area contributed by atoms with Gasteiger partial charge < -0.3 is 9.73 Å². The van der Waals surface area contributed by atoms with Gasteiger partial charge in [-0.3, -0.25) is 0 Å². The first-order valence-electron chi connectivity index (χ1n) is 7.21. The van der Waals surface area contributed by atoms with Crippen LogP contribution in [0, 0.1) is 0 Å². The van der Waals surface area contributed by atoms with Crippen molar-refractivity contribution in [1.82, 2.24) is 4.98 Å². The number of fused-ring (bicyclic) bond motifs is 1. The fourth-order valence-corrected chi connectivity index (χ4v) is 3.13. The van der Waals surface area contributed by atoms with Gasteiger partial charge in [0.05, 0.1) is 0 Å². The number of hydrogen-bond donors (Lipinski definition) is 1. The van der Waals surface area contributed by atoms with E-state index >= 15 is 0 Å². The third kappa shape index (κ3) is 3.09. The lowest BCUT2D eigenvalue weighted by Gasteiger charge is -2.03. The first-order valence-corrected chi connectivity index (χ1v) is 8.46. The molecule has 0 bridgehead atoms. The van der Waals surface area contributed by atoms with Crippen molar-refractivity contribution in [3.63, 3.8) is 0 Å². The van der Waals surface area contributed by atoms with Crippen molar-refractivity contribution in [2.45, 2.75) is 6.54 Å². The number of hydrogen-bond acceptors (Lipinski definition) is 4. The van der Waals surface area contributed by atoms with E-state index in [0.29, 0.717) is 10.9 Å². The van der Waals surface area contributed by atoms with E-state index in [1.807, 2.05) is 42.5 Å². The minimum absolute atomic E-state index is 0.604. The molecular weight excluding hydrogens is 328 g/mol. The van der Waals surface area contributed by atoms with Gasteiger partial charge in [-0.25, -0.2) is 4.98 Å². The monoisotopic (exact) mass is 340 g/mol. The summed E-state index contributed by atoms with van der Waals surface area (Å²) >= 11 is 7.66. The SMILES string of the molecule is Clc1ccc(-c2nc3cc(NCc4cccs4)ccc3o2)cc1. The molecule has 1 N–H and O–H groups in total. The maximum atomic E-state index is 5.92. The van der Waals surface area contributed by atoms with E-state index in [2.05, 4.69) is 27.8 Å². The molecule has 0 spiro atoms. The molecule has 0 saturated carbocycles. The third-order valence-electron chi connectivity index (χ3n) is 3.53. The van der Waals surface area contributed by atoms with E-state index in [0.717, 1.165) is 28.9 Å². The molecule has 4 rings (SSSR count). The van der Waals surface area contributed by atoms with Gasteiger partial charge in [-0.05, 0) is 53.9 Å². The summed E-state index contributed by atoms with van der Waals surface area (Å²) < 4.78 is 5.82. The Hall–Kier alpha value is -2.30. The van der Waals surface area contributed by atoms with Crippen LogP contribution in [-0.4, -0.2) is 4.98 Å². The molecule has 2 aromatic carbocycles. The summed E-state index contributed by atoms with van der Waals surface area (Å²) in [5, 5.41) is 6.19. The quantitative estimate of drug-likeness (QED) is 0.508. The molecule has 0 atom stereocenters. The van der Waals surface area contributed by atoms with Gasteiger partial charge in [0.1, 0.15) is 5.52 Å². The maximum Gasteiger partial charge on any atom is 0.227 e. The molecular formula is C18H13ClN2OS. The highest BCUT2D eigenvalue weighted by Gasteiger charge is 2.09. The lowest BCUT2D eigenvalue weighted by molar-refractivity contribution is 0.620. The standard InChI is InChI=1S/C18H13ClN2OS/c19-13-5-3-12(4-6-13)18-21-16-10-14(7-8-17(16)22-18)20-11-15-2-1-9-23-15/h1-10,20H,11H2. The second-order valence-electron chi connectivity index (χ2n) is 5.14. The van der Waals surface area contributed by atoms with Crippen LogP contribution in [-0.2, 0) is 6.54 Å². The van der Waals surface area contributed by atoms with Crippen molar-refractivity contribution in [3.8, 4) is 11.5 Å². The Labute approximate surface area is 142 Å². The predicted octanol–water partition coefficient (Wildman–Crippen LogP) is 5.82. The fourth-order valence-electron chi connectivity index (χ4n) is 2.36. The zero-order valence-corrected chi connectivity index (χ0v) is 13.7. The molecule has 3 nitrogen and oxygen atoms in total. The Morgan fingerprint density at radius 1 is 1.09 bits per heavy atom. The minimum atomic E-state index is 0.604. The van der Waals surface area contributed by atoms with Crippen molar-refractivity contribution in [2.75, 3.05) is 5.32 Å². The Balaban J connectivity index is 1.60. The summed E-state index contributed by atoms with van der Waals surface area (Å²) in [4.78, 5) is 5.87. The van der Waals surface area contributed by atoms with Gasteiger partial charge in [-0.2, -0.15) is 0 Å². The van der Waals surface area contributed by atoms with Crippen LogP contribution in [0.5, 0.6) is 0 Å². The Kier molecular flexibility index (Phi) is 3.77. The van der Waals surface area contributed by atoms with Gasteiger partial charge in [-0.1, -0.05) is 17.7 Å². The maximum absolute atomic E-state index is 5.92. The summed E-state index contributed by atoms with van der Waals surface area (Å²) in [7, 11) is 0. The van der Waals surface area contributed by atoms with Crippen LogP contribution in [0.2, 0.25) is 5.02 Å². The summed E-state index contributed by atoms with van der Waals surface area (Å²) in [6.45, 7) is 0.811. The molecule has 23 heavy (non-hydrogen) atoms. The Morgan fingerprint density at radius 3 is 2.74 bits per heavy atom. The molecule has 4 aromatic rings. The summed E-state index contributed by atoms with van der Waals surface area (Å²) in [6.07, 6.45) is 0. The van der Waals surface area contributed by atoms with Crippen LogP contribution in [0.4, 0.5) is 5.69 Å². The molecule has 0 fully saturated rings. The van der Waals surface area contributed by atoms with Gasteiger partial charge in [0.15, 0.2) is 5.58 Å². The van der Waals surface area contributed by atoms with Crippen LogP contribution in [0.1, 0.15) is 4.88 Å². The van der Waals surface area contributed by atoms with E-state index in [9.17, 15) is 0 Å².